The number of aromatic nitrogens is 2. The summed E-state index contributed by atoms with van der Waals surface area (Å²) in [7, 11) is 0. The molecule has 1 aliphatic rings. The minimum atomic E-state index is 0.0653. The molecule has 3 heterocycles. The van der Waals surface area contributed by atoms with E-state index in [1.807, 2.05) is 66.4 Å². The van der Waals surface area contributed by atoms with Crippen molar-refractivity contribution in [3.8, 4) is 0 Å². The van der Waals surface area contributed by atoms with Gasteiger partial charge in [0.1, 0.15) is 5.69 Å². The molecule has 2 amide bonds. The topological polar surface area (TPSA) is 67.2 Å². The summed E-state index contributed by atoms with van der Waals surface area (Å²) in [6.45, 7) is 6.55. The highest BCUT2D eigenvalue weighted by Gasteiger charge is 2.24. The molecule has 0 aliphatic carbocycles. The van der Waals surface area contributed by atoms with Crippen LogP contribution in [0.25, 0.3) is 10.9 Å². The summed E-state index contributed by atoms with van der Waals surface area (Å²) in [5.41, 5.74) is 4.07. The van der Waals surface area contributed by atoms with Crippen molar-refractivity contribution in [2.45, 2.75) is 39.3 Å². The number of hydrogen-bond donors (Lipinski definition) is 1. The highest BCUT2D eigenvalue weighted by Crippen LogP contribution is 2.25. The standard InChI is InChI=1S/C22H23ClN2O.C8H10N2O/c1-16-10-12-24(13-11-16)22(26)21-14-18-4-2-3-5-20(18)25(21)15-17-6-8-19(23)9-7-17;1-7(10-6-11)8-2-4-9-5-3-8/h2-9,14,16H,10-13,15H2,1H3;2-7H,1H3,(H,10,11). The van der Waals surface area contributed by atoms with Crippen LogP contribution in [0, 0.1) is 5.92 Å². The van der Waals surface area contributed by atoms with Crippen LogP contribution in [0.4, 0.5) is 0 Å². The summed E-state index contributed by atoms with van der Waals surface area (Å²) in [6.07, 6.45) is 6.29. The lowest BCUT2D eigenvalue weighted by Gasteiger charge is -2.30. The van der Waals surface area contributed by atoms with Crippen molar-refractivity contribution in [1.29, 1.82) is 0 Å². The van der Waals surface area contributed by atoms with Gasteiger partial charge in [-0.3, -0.25) is 14.6 Å². The molecular weight excluding hydrogens is 484 g/mol. The van der Waals surface area contributed by atoms with Crippen LogP contribution in [0.15, 0.2) is 79.1 Å². The van der Waals surface area contributed by atoms with Gasteiger partial charge in [0.15, 0.2) is 0 Å². The molecule has 6 nitrogen and oxygen atoms in total. The maximum Gasteiger partial charge on any atom is 0.270 e. The number of carbonyl (C=O) groups is 2. The number of amides is 2. The van der Waals surface area contributed by atoms with Crippen molar-refractivity contribution in [1.82, 2.24) is 19.8 Å². The van der Waals surface area contributed by atoms with Crippen LogP contribution in [0.1, 0.15) is 54.3 Å². The Morgan fingerprint density at radius 2 is 1.76 bits per heavy atom. The molecule has 0 spiro atoms. The third kappa shape index (κ3) is 6.77. The Morgan fingerprint density at radius 1 is 1.08 bits per heavy atom. The predicted molar refractivity (Wildman–Crippen MR) is 149 cm³/mol. The first-order chi connectivity index (χ1) is 18.0. The maximum absolute atomic E-state index is 13.2. The second kappa shape index (κ2) is 12.5. The second-order valence-electron chi connectivity index (χ2n) is 9.56. The molecule has 2 aromatic heterocycles. The molecule has 1 fully saturated rings. The average Bonchev–Trinajstić information content (AvgIpc) is 3.29. The maximum atomic E-state index is 13.2. The molecule has 1 atom stereocenters. The summed E-state index contributed by atoms with van der Waals surface area (Å²) >= 11 is 6.02. The van der Waals surface area contributed by atoms with Gasteiger partial charge >= 0.3 is 0 Å². The first-order valence-corrected chi connectivity index (χ1v) is 13.1. The molecular formula is C30H33ClN4O2. The number of pyridine rings is 1. The Hall–Kier alpha value is -3.64. The van der Waals surface area contributed by atoms with Crippen LogP contribution in [0.3, 0.4) is 0 Å². The zero-order valence-corrected chi connectivity index (χ0v) is 22.1. The first kappa shape index (κ1) is 26.4. The third-order valence-electron chi connectivity index (χ3n) is 6.88. The number of likely N-dealkylation sites (tertiary alicyclic amines) is 1. The molecule has 7 heteroatoms. The summed E-state index contributed by atoms with van der Waals surface area (Å²) < 4.78 is 2.14. The lowest BCUT2D eigenvalue weighted by molar-refractivity contribution is -0.110. The molecule has 1 saturated heterocycles. The van der Waals surface area contributed by atoms with Crippen molar-refractivity contribution in [3.63, 3.8) is 0 Å². The van der Waals surface area contributed by atoms with E-state index in [0.29, 0.717) is 18.9 Å². The van der Waals surface area contributed by atoms with E-state index in [-0.39, 0.29) is 11.9 Å². The van der Waals surface area contributed by atoms with Crippen molar-refractivity contribution in [3.05, 3.63) is 101 Å². The van der Waals surface area contributed by atoms with Gasteiger partial charge in [-0.1, -0.05) is 48.9 Å². The summed E-state index contributed by atoms with van der Waals surface area (Å²) in [5, 5.41) is 4.49. The Labute approximate surface area is 223 Å². The van der Waals surface area contributed by atoms with E-state index in [4.69, 9.17) is 11.6 Å². The van der Waals surface area contributed by atoms with Crippen LogP contribution < -0.4 is 5.32 Å². The normalized spacial score (nSPS) is 14.5. The predicted octanol–water partition coefficient (Wildman–Crippen LogP) is 6.10. The van der Waals surface area contributed by atoms with Gasteiger partial charge in [0, 0.05) is 48.0 Å². The lowest BCUT2D eigenvalue weighted by Crippen LogP contribution is -2.38. The average molecular weight is 517 g/mol. The second-order valence-corrected chi connectivity index (χ2v) is 10.00. The monoisotopic (exact) mass is 516 g/mol. The van der Waals surface area contributed by atoms with Gasteiger partial charge in [-0.15, -0.1) is 0 Å². The molecule has 0 radical (unpaired) electrons. The van der Waals surface area contributed by atoms with E-state index in [1.165, 1.54) is 0 Å². The number of piperidine rings is 1. The number of benzene rings is 2. The molecule has 0 bridgehead atoms. The first-order valence-electron chi connectivity index (χ1n) is 12.7. The number of carbonyl (C=O) groups excluding carboxylic acids is 2. The van der Waals surface area contributed by atoms with E-state index in [2.05, 4.69) is 33.9 Å². The van der Waals surface area contributed by atoms with Gasteiger partial charge in [0.2, 0.25) is 6.41 Å². The van der Waals surface area contributed by atoms with Crippen molar-refractivity contribution >= 4 is 34.8 Å². The van der Waals surface area contributed by atoms with E-state index < -0.39 is 0 Å². The van der Waals surface area contributed by atoms with E-state index >= 15 is 0 Å². The Balaban J connectivity index is 0.000000245. The lowest BCUT2D eigenvalue weighted by atomic mass is 9.99. The van der Waals surface area contributed by atoms with Crippen molar-refractivity contribution < 1.29 is 9.59 Å². The Kier molecular flexibility index (Phi) is 8.96. The number of para-hydroxylation sites is 1. The Morgan fingerprint density at radius 3 is 2.43 bits per heavy atom. The number of rotatable bonds is 6. The summed E-state index contributed by atoms with van der Waals surface area (Å²) in [4.78, 5) is 29.2. The number of fused-ring (bicyclic) bond motifs is 1. The SMILES string of the molecule is CC(NC=O)c1ccncc1.CC1CCN(C(=O)c2cc3ccccc3n2Cc2ccc(Cl)cc2)CC1. The van der Waals surface area contributed by atoms with Crippen LogP contribution in [-0.4, -0.2) is 39.9 Å². The van der Waals surface area contributed by atoms with Gasteiger partial charge in [-0.2, -0.15) is 0 Å². The van der Waals surface area contributed by atoms with Crippen molar-refractivity contribution in [2.24, 2.45) is 5.92 Å². The highest BCUT2D eigenvalue weighted by atomic mass is 35.5. The van der Waals surface area contributed by atoms with Gasteiger partial charge < -0.3 is 14.8 Å². The summed E-state index contributed by atoms with van der Waals surface area (Å²) in [6, 6.07) is 21.9. The summed E-state index contributed by atoms with van der Waals surface area (Å²) in [5.74, 6) is 0.848. The minimum absolute atomic E-state index is 0.0653. The van der Waals surface area contributed by atoms with Crippen LogP contribution in [-0.2, 0) is 11.3 Å². The Bertz CT molecular complexity index is 1310. The number of nitrogens with zero attached hydrogens (tertiary/aromatic N) is 3. The zero-order valence-electron chi connectivity index (χ0n) is 21.3. The van der Waals surface area contributed by atoms with Crippen LogP contribution in [0.2, 0.25) is 5.02 Å². The molecule has 37 heavy (non-hydrogen) atoms. The van der Waals surface area contributed by atoms with Gasteiger partial charge in [0.25, 0.3) is 5.91 Å². The largest absolute Gasteiger partial charge is 0.352 e. The smallest absolute Gasteiger partial charge is 0.270 e. The zero-order chi connectivity index (χ0) is 26.2. The minimum Gasteiger partial charge on any atom is -0.352 e. The number of nitrogens with one attached hydrogen (secondary N) is 1. The number of hydrogen-bond acceptors (Lipinski definition) is 3. The molecule has 4 aromatic rings. The molecule has 1 unspecified atom stereocenters. The molecule has 1 N–H and O–H groups in total. The van der Waals surface area contributed by atoms with Gasteiger partial charge in [0.05, 0.1) is 6.04 Å². The van der Waals surface area contributed by atoms with Crippen LogP contribution in [0.5, 0.6) is 0 Å². The highest BCUT2D eigenvalue weighted by molar-refractivity contribution is 6.30. The molecule has 0 saturated carbocycles. The number of halogens is 1. The fraction of sp³-hybridized carbons (Fsp3) is 0.300. The van der Waals surface area contributed by atoms with E-state index in [0.717, 1.165) is 58.7 Å². The van der Waals surface area contributed by atoms with Gasteiger partial charge in [-0.25, -0.2) is 0 Å². The van der Waals surface area contributed by atoms with E-state index in [9.17, 15) is 9.59 Å². The van der Waals surface area contributed by atoms with E-state index in [1.54, 1.807) is 12.4 Å². The fourth-order valence-corrected chi connectivity index (χ4v) is 4.68. The molecule has 2 aromatic carbocycles. The third-order valence-corrected chi connectivity index (χ3v) is 7.13. The molecule has 1 aliphatic heterocycles. The molecule has 192 valence electrons. The van der Waals surface area contributed by atoms with Crippen LogP contribution >= 0.6 is 11.6 Å². The van der Waals surface area contributed by atoms with Crippen molar-refractivity contribution in [2.75, 3.05) is 13.1 Å². The van der Waals surface area contributed by atoms with Gasteiger partial charge in [-0.05, 0) is 73.2 Å². The fourth-order valence-electron chi connectivity index (χ4n) is 4.55. The molecule has 5 rings (SSSR count). The quantitative estimate of drug-likeness (QED) is 0.315.